The van der Waals surface area contributed by atoms with Gasteiger partial charge in [0.25, 0.3) is 0 Å². The number of aliphatic hydroxyl groups is 1. The van der Waals surface area contributed by atoms with Gasteiger partial charge < -0.3 is 9.84 Å². The molecule has 0 aromatic rings. The second kappa shape index (κ2) is 25.0. The molecule has 1 N–H and O–H groups in total. The highest BCUT2D eigenvalue weighted by molar-refractivity contribution is 4.55. The Labute approximate surface area is 178 Å². The van der Waals surface area contributed by atoms with E-state index in [2.05, 4.69) is 13.8 Å². The zero-order valence-corrected chi connectivity index (χ0v) is 19.7. The third kappa shape index (κ3) is 24.0. The van der Waals surface area contributed by atoms with E-state index in [0.29, 0.717) is 6.61 Å². The van der Waals surface area contributed by atoms with Crippen LogP contribution >= 0.6 is 0 Å². The van der Waals surface area contributed by atoms with Crippen LogP contribution in [0.15, 0.2) is 0 Å². The van der Waals surface area contributed by atoms with Crippen molar-refractivity contribution in [2.45, 2.75) is 155 Å². The number of aliphatic hydroxyl groups excluding tert-OH is 1. The molecule has 0 aliphatic rings. The molecule has 0 radical (unpaired) electrons. The van der Waals surface area contributed by atoms with Gasteiger partial charge in [0.1, 0.15) is 0 Å². The van der Waals surface area contributed by atoms with Gasteiger partial charge >= 0.3 is 0 Å². The summed E-state index contributed by atoms with van der Waals surface area (Å²) in [5.41, 5.74) is 0. The first-order valence-corrected chi connectivity index (χ1v) is 13.1. The fourth-order valence-corrected chi connectivity index (χ4v) is 3.86. The Morgan fingerprint density at radius 1 is 0.500 bits per heavy atom. The van der Waals surface area contributed by atoms with Crippen LogP contribution in [0.5, 0.6) is 0 Å². The molecule has 0 saturated carbocycles. The van der Waals surface area contributed by atoms with Crippen LogP contribution in [0.1, 0.15) is 149 Å². The molecule has 0 aliphatic carbocycles. The maximum atomic E-state index is 9.99. The minimum Gasteiger partial charge on any atom is -0.391 e. The molecule has 0 heterocycles. The summed E-state index contributed by atoms with van der Waals surface area (Å²) < 4.78 is 5.66. The minimum atomic E-state index is -0.252. The molecule has 2 heteroatoms. The van der Waals surface area contributed by atoms with Gasteiger partial charge in [-0.15, -0.1) is 0 Å². The fourth-order valence-electron chi connectivity index (χ4n) is 3.86. The molecule has 0 aliphatic heterocycles. The Balaban J connectivity index is 3.11. The smallest absolute Gasteiger partial charge is 0.0773 e. The summed E-state index contributed by atoms with van der Waals surface area (Å²) in [6.45, 7) is 5.91. The third-order valence-corrected chi connectivity index (χ3v) is 5.84. The van der Waals surface area contributed by atoms with Gasteiger partial charge in [0.15, 0.2) is 0 Å². The van der Waals surface area contributed by atoms with Crippen molar-refractivity contribution in [2.24, 2.45) is 0 Å². The van der Waals surface area contributed by atoms with Crippen LogP contribution in [0.3, 0.4) is 0 Å². The molecule has 0 bridgehead atoms. The van der Waals surface area contributed by atoms with Crippen LogP contribution < -0.4 is 0 Å². The van der Waals surface area contributed by atoms with Gasteiger partial charge in [0.05, 0.1) is 12.7 Å². The van der Waals surface area contributed by atoms with E-state index in [-0.39, 0.29) is 6.10 Å². The molecule has 0 amide bonds. The molecular weight excluding hydrogens is 344 g/mol. The highest BCUT2D eigenvalue weighted by Gasteiger charge is 2.04. The number of rotatable bonds is 24. The topological polar surface area (TPSA) is 29.5 Å². The largest absolute Gasteiger partial charge is 0.391 e. The van der Waals surface area contributed by atoms with Gasteiger partial charge in [-0.3, -0.25) is 0 Å². The van der Waals surface area contributed by atoms with Gasteiger partial charge in [-0.1, -0.05) is 136 Å². The summed E-state index contributed by atoms with van der Waals surface area (Å²) in [5.74, 6) is 0. The van der Waals surface area contributed by atoms with Crippen molar-refractivity contribution >= 4 is 0 Å². The van der Waals surface area contributed by atoms with Crippen molar-refractivity contribution < 1.29 is 9.84 Å². The van der Waals surface area contributed by atoms with Gasteiger partial charge in [-0.05, 0) is 12.8 Å². The normalized spacial score (nSPS) is 12.5. The van der Waals surface area contributed by atoms with E-state index in [0.717, 1.165) is 25.9 Å². The minimum absolute atomic E-state index is 0.252. The first kappa shape index (κ1) is 27.9. The predicted octanol–water partition coefficient (Wildman–Crippen LogP) is 8.60. The van der Waals surface area contributed by atoms with Gasteiger partial charge in [0, 0.05) is 6.61 Å². The third-order valence-electron chi connectivity index (χ3n) is 5.84. The number of hydrogen-bond acceptors (Lipinski definition) is 2. The lowest BCUT2D eigenvalue weighted by atomic mass is 10.1. The molecule has 2 nitrogen and oxygen atoms in total. The van der Waals surface area contributed by atoms with Crippen molar-refractivity contribution in [3.63, 3.8) is 0 Å². The SMILES string of the molecule is CCCCCCCCCCCCCCOCC(O)CCCCCCCCCC. The van der Waals surface area contributed by atoms with Crippen molar-refractivity contribution in [2.75, 3.05) is 13.2 Å². The molecule has 0 spiro atoms. The van der Waals surface area contributed by atoms with Crippen LogP contribution in [-0.4, -0.2) is 24.4 Å². The summed E-state index contributed by atoms with van der Waals surface area (Å²) in [7, 11) is 0. The summed E-state index contributed by atoms with van der Waals surface area (Å²) in [4.78, 5) is 0. The second-order valence-electron chi connectivity index (χ2n) is 8.88. The van der Waals surface area contributed by atoms with Crippen LogP contribution in [0.4, 0.5) is 0 Å². The van der Waals surface area contributed by atoms with Crippen LogP contribution in [0.25, 0.3) is 0 Å². The van der Waals surface area contributed by atoms with E-state index in [9.17, 15) is 5.11 Å². The van der Waals surface area contributed by atoms with Crippen molar-refractivity contribution in [1.29, 1.82) is 0 Å². The fraction of sp³-hybridized carbons (Fsp3) is 1.00. The average Bonchev–Trinajstić information content (AvgIpc) is 2.70. The summed E-state index contributed by atoms with van der Waals surface area (Å²) in [5, 5.41) is 9.99. The second-order valence-corrected chi connectivity index (χ2v) is 8.88. The van der Waals surface area contributed by atoms with Crippen molar-refractivity contribution in [1.82, 2.24) is 0 Å². The Kier molecular flexibility index (Phi) is 24.9. The maximum absolute atomic E-state index is 9.99. The lowest BCUT2D eigenvalue weighted by molar-refractivity contribution is 0.0297. The molecule has 0 rings (SSSR count). The quantitative estimate of drug-likeness (QED) is 0.165. The zero-order chi connectivity index (χ0) is 20.5. The highest BCUT2D eigenvalue weighted by atomic mass is 16.5. The summed E-state index contributed by atoms with van der Waals surface area (Å²) >= 11 is 0. The molecule has 28 heavy (non-hydrogen) atoms. The van der Waals surface area contributed by atoms with E-state index < -0.39 is 0 Å². The van der Waals surface area contributed by atoms with Crippen molar-refractivity contribution in [3.8, 4) is 0 Å². The standard InChI is InChI=1S/C26H54O2/c1-3-5-7-9-11-13-14-15-16-18-20-22-24-28-25-26(27)23-21-19-17-12-10-8-6-4-2/h26-27H,3-25H2,1-2H3. The van der Waals surface area contributed by atoms with E-state index in [1.54, 1.807) is 0 Å². The number of hydrogen-bond donors (Lipinski definition) is 1. The maximum Gasteiger partial charge on any atom is 0.0773 e. The lowest BCUT2D eigenvalue weighted by Gasteiger charge is -2.11. The molecule has 0 saturated heterocycles. The van der Waals surface area contributed by atoms with Crippen molar-refractivity contribution in [3.05, 3.63) is 0 Å². The first-order chi connectivity index (χ1) is 13.8. The van der Waals surface area contributed by atoms with Gasteiger partial charge in [0.2, 0.25) is 0 Å². The summed E-state index contributed by atoms with van der Waals surface area (Å²) in [6.07, 6.45) is 27.8. The monoisotopic (exact) mass is 398 g/mol. The van der Waals surface area contributed by atoms with Gasteiger partial charge in [-0.25, -0.2) is 0 Å². The lowest BCUT2D eigenvalue weighted by Crippen LogP contribution is -2.15. The van der Waals surface area contributed by atoms with E-state index >= 15 is 0 Å². The Morgan fingerprint density at radius 2 is 0.857 bits per heavy atom. The average molecular weight is 399 g/mol. The van der Waals surface area contributed by atoms with Crippen LogP contribution in [0, 0.1) is 0 Å². The molecule has 1 unspecified atom stereocenters. The van der Waals surface area contributed by atoms with Gasteiger partial charge in [-0.2, -0.15) is 0 Å². The highest BCUT2D eigenvalue weighted by Crippen LogP contribution is 2.13. The molecule has 1 atom stereocenters. The molecule has 0 fully saturated rings. The number of unbranched alkanes of at least 4 members (excludes halogenated alkanes) is 18. The predicted molar refractivity (Wildman–Crippen MR) is 125 cm³/mol. The Bertz CT molecular complexity index is 267. The van der Waals surface area contributed by atoms with E-state index in [1.807, 2.05) is 0 Å². The zero-order valence-electron chi connectivity index (χ0n) is 19.7. The van der Waals surface area contributed by atoms with Crippen LogP contribution in [0.2, 0.25) is 0 Å². The number of ether oxygens (including phenoxy) is 1. The first-order valence-electron chi connectivity index (χ1n) is 13.1. The van der Waals surface area contributed by atoms with E-state index in [1.165, 1.54) is 116 Å². The molecular formula is C26H54O2. The van der Waals surface area contributed by atoms with E-state index in [4.69, 9.17) is 4.74 Å². The Morgan fingerprint density at radius 3 is 1.29 bits per heavy atom. The van der Waals surface area contributed by atoms with Crippen LogP contribution in [-0.2, 0) is 4.74 Å². The molecule has 0 aromatic heterocycles. The molecule has 0 aromatic carbocycles. The molecule has 170 valence electrons. The summed E-state index contributed by atoms with van der Waals surface area (Å²) in [6, 6.07) is 0. The Hall–Kier alpha value is -0.0800.